The van der Waals surface area contributed by atoms with Crippen LogP contribution in [-0.2, 0) is 0 Å². The Labute approximate surface area is 99.6 Å². The van der Waals surface area contributed by atoms with Crippen LogP contribution in [-0.4, -0.2) is 23.5 Å². The van der Waals surface area contributed by atoms with Crippen LogP contribution in [0, 0.1) is 11.7 Å². The van der Waals surface area contributed by atoms with Gasteiger partial charge in [0.05, 0.1) is 5.56 Å². The average Bonchev–Trinajstić information content (AvgIpc) is 2.97. The summed E-state index contributed by atoms with van der Waals surface area (Å²) in [5, 5.41) is 5.58. The largest absolute Gasteiger partial charge is 0.368 e. The van der Waals surface area contributed by atoms with Crippen LogP contribution in [0.4, 0.5) is 10.2 Å². The van der Waals surface area contributed by atoms with E-state index >= 15 is 0 Å². The first-order valence-electron chi connectivity index (χ1n) is 5.82. The molecule has 0 spiro atoms. The molecule has 0 radical (unpaired) electrons. The van der Waals surface area contributed by atoms with Gasteiger partial charge < -0.3 is 10.6 Å². The maximum absolute atomic E-state index is 13.9. The van der Waals surface area contributed by atoms with Gasteiger partial charge in [-0.25, -0.2) is 9.37 Å². The Balaban J connectivity index is 2.14. The summed E-state index contributed by atoms with van der Waals surface area (Å²) in [5.74, 6) is -0.320. The van der Waals surface area contributed by atoms with Gasteiger partial charge in [-0.3, -0.25) is 4.79 Å². The normalized spacial score (nSPS) is 22.1. The minimum absolute atomic E-state index is 0.0510. The molecule has 17 heavy (non-hydrogen) atoms. The number of nitrogens with one attached hydrogen (secondary N) is 2. The van der Waals surface area contributed by atoms with Crippen molar-refractivity contribution in [3.63, 3.8) is 0 Å². The molecule has 1 fully saturated rings. The Kier molecular flexibility index (Phi) is 3.26. The molecule has 0 bridgehead atoms. The van der Waals surface area contributed by atoms with Crippen LogP contribution in [0.15, 0.2) is 12.3 Å². The summed E-state index contributed by atoms with van der Waals surface area (Å²) < 4.78 is 13.9. The van der Waals surface area contributed by atoms with Crippen molar-refractivity contribution in [2.24, 2.45) is 5.92 Å². The summed E-state index contributed by atoms with van der Waals surface area (Å²) in [6, 6.07) is 1.59. The zero-order chi connectivity index (χ0) is 12.4. The Morgan fingerprint density at radius 3 is 2.94 bits per heavy atom. The molecular weight excluding hydrogens is 221 g/mol. The van der Waals surface area contributed by atoms with Crippen LogP contribution in [0.5, 0.6) is 0 Å². The Morgan fingerprint density at radius 2 is 2.35 bits per heavy atom. The van der Waals surface area contributed by atoms with Crippen LogP contribution in [0.1, 0.15) is 30.6 Å². The maximum atomic E-state index is 13.9. The lowest BCUT2D eigenvalue weighted by Gasteiger charge is -2.08. The Bertz CT molecular complexity index is 436. The first-order chi connectivity index (χ1) is 8.13. The summed E-state index contributed by atoms with van der Waals surface area (Å²) in [7, 11) is 0. The van der Waals surface area contributed by atoms with E-state index in [1.165, 1.54) is 12.3 Å². The highest BCUT2D eigenvalue weighted by molar-refractivity contribution is 5.95. The number of pyridine rings is 1. The van der Waals surface area contributed by atoms with Crippen molar-refractivity contribution in [1.29, 1.82) is 0 Å². The highest BCUT2D eigenvalue weighted by Crippen LogP contribution is 2.29. The topological polar surface area (TPSA) is 54.0 Å². The van der Waals surface area contributed by atoms with Gasteiger partial charge in [0.15, 0.2) is 11.6 Å². The molecule has 0 saturated heterocycles. The molecule has 1 aromatic rings. The van der Waals surface area contributed by atoms with Crippen molar-refractivity contribution in [2.45, 2.75) is 26.3 Å². The van der Waals surface area contributed by atoms with Crippen LogP contribution < -0.4 is 10.6 Å². The number of amides is 1. The third-order valence-corrected chi connectivity index (χ3v) is 2.90. The fraction of sp³-hybridized carbons (Fsp3) is 0.500. The number of hydrogen-bond donors (Lipinski definition) is 2. The van der Waals surface area contributed by atoms with Gasteiger partial charge in [0.1, 0.15) is 0 Å². The van der Waals surface area contributed by atoms with E-state index < -0.39 is 5.82 Å². The molecule has 2 atom stereocenters. The van der Waals surface area contributed by atoms with Crippen LogP contribution in [0.25, 0.3) is 0 Å². The van der Waals surface area contributed by atoms with Crippen molar-refractivity contribution < 1.29 is 9.18 Å². The zero-order valence-electron chi connectivity index (χ0n) is 9.96. The highest BCUT2D eigenvalue weighted by Gasteiger charge is 2.34. The van der Waals surface area contributed by atoms with Gasteiger partial charge in [0.2, 0.25) is 0 Å². The van der Waals surface area contributed by atoms with E-state index in [9.17, 15) is 9.18 Å². The molecule has 1 saturated carbocycles. The van der Waals surface area contributed by atoms with Crippen LogP contribution in [0.3, 0.4) is 0 Å². The van der Waals surface area contributed by atoms with E-state index in [1.54, 1.807) is 0 Å². The quantitative estimate of drug-likeness (QED) is 0.839. The van der Waals surface area contributed by atoms with Gasteiger partial charge in [-0.15, -0.1) is 0 Å². The summed E-state index contributed by atoms with van der Waals surface area (Å²) in [4.78, 5) is 15.7. The minimum Gasteiger partial charge on any atom is -0.368 e. The SMILES string of the molecule is CCNc1nccc(C(=O)NC2CC2C)c1F. The number of nitrogens with zero attached hydrogens (tertiary/aromatic N) is 1. The number of hydrogen-bond acceptors (Lipinski definition) is 3. The van der Waals surface area contributed by atoms with Gasteiger partial charge >= 0.3 is 0 Å². The van der Waals surface area contributed by atoms with Gasteiger partial charge in [-0.05, 0) is 25.3 Å². The van der Waals surface area contributed by atoms with Gasteiger partial charge in [0.25, 0.3) is 5.91 Å². The number of rotatable bonds is 4. The first kappa shape index (κ1) is 11.8. The van der Waals surface area contributed by atoms with Gasteiger partial charge in [-0.2, -0.15) is 0 Å². The number of halogens is 1. The molecule has 0 aromatic carbocycles. The van der Waals surface area contributed by atoms with E-state index in [0.717, 1.165) is 6.42 Å². The van der Waals surface area contributed by atoms with Crippen molar-refractivity contribution in [2.75, 3.05) is 11.9 Å². The maximum Gasteiger partial charge on any atom is 0.254 e. The molecule has 5 heteroatoms. The summed E-state index contributed by atoms with van der Waals surface area (Å²) in [6.45, 7) is 4.46. The molecule has 1 heterocycles. The predicted octanol–water partition coefficient (Wildman–Crippen LogP) is 1.79. The molecule has 1 amide bonds. The second kappa shape index (κ2) is 4.69. The summed E-state index contributed by atoms with van der Waals surface area (Å²) >= 11 is 0. The zero-order valence-corrected chi connectivity index (χ0v) is 9.96. The first-order valence-corrected chi connectivity index (χ1v) is 5.82. The molecule has 2 rings (SSSR count). The van der Waals surface area contributed by atoms with Crippen molar-refractivity contribution in [3.8, 4) is 0 Å². The Hall–Kier alpha value is -1.65. The van der Waals surface area contributed by atoms with Crippen LogP contribution in [0.2, 0.25) is 0 Å². The molecule has 1 aliphatic rings. The van der Waals surface area contributed by atoms with E-state index in [-0.39, 0.29) is 23.3 Å². The van der Waals surface area contributed by atoms with Crippen LogP contribution >= 0.6 is 0 Å². The fourth-order valence-electron chi connectivity index (χ4n) is 1.68. The molecule has 2 unspecified atom stereocenters. The van der Waals surface area contributed by atoms with E-state index in [1.807, 2.05) is 6.92 Å². The molecule has 2 N–H and O–H groups in total. The molecule has 92 valence electrons. The summed E-state index contributed by atoms with van der Waals surface area (Å²) in [5.41, 5.74) is 0.0510. The molecular formula is C12H16FN3O. The third kappa shape index (κ3) is 2.54. The molecule has 0 aliphatic heterocycles. The van der Waals surface area contributed by atoms with Gasteiger partial charge in [0, 0.05) is 18.8 Å². The Morgan fingerprint density at radius 1 is 1.65 bits per heavy atom. The monoisotopic (exact) mass is 237 g/mol. The second-order valence-electron chi connectivity index (χ2n) is 4.34. The van der Waals surface area contributed by atoms with E-state index in [0.29, 0.717) is 12.5 Å². The summed E-state index contributed by atoms with van der Waals surface area (Å²) in [6.07, 6.45) is 2.41. The third-order valence-electron chi connectivity index (χ3n) is 2.90. The van der Waals surface area contributed by atoms with Crippen molar-refractivity contribution >= 4 is 11.7 Å². The second-order valence-corrected chi connectivity index (χ2v) is 4.34. The lowest BCUT2D eigenvalue weighted by molar-refractivity contribution is 0.0945. The van der Waals surface area contributed by atoms with E-state index in [4.69, 9.17) is 0 Å². The standard InChI is InChI=1S/C12H16FN3O/c1-3-14-11-10(13)8(4-5-15-11)12(17)16-9-6-7(9)2/h4-5,7,9H,3,6H2,1-2H3,(H,14,15)(H,16,17). The molecule has 1 aliphatic carbocycles. The number of anilines is 1. The number of carbonyl (C=O) groups is 1. The predicted molar refractivity (Wildman–Crippen MR) is 63.4 cm³/mol. The minimum atomic E-state index is -0.583. The smallest absolute Gasteiger partial charge is 0.254 e. The fourth-order valence-corrected chi connectivity index (χ4v) is 1.68. The van der Waals surface area contributed by atoms with Crippen molar-refractivity contribution in [3.05, 3.63) is 23.6 Å². The average molecular weight is 237 g/mol. The van der Waals surface area contributed by atoms with E-state index in [2.05, 4.69) is 22.5 Å². The van der Waals surface area contributed by atoms with Crippen molar-refractivity contribution in [1.82, 2.24) is 10.3 Å². The lowest BCUT2D eigenvalue weighted by atomic mass is 10.2. The molecule has 4 nitrogen and oxygen atoms in total. The lowest BCUT2D eigenvalue weighted by Crippen LogP contribution is -2.27. The number of aromatic nitrogens is 1. The molecule has 1 aromatic heterocycles. The highest BCUT2D eigenvalue weighted by atomic mass is 19.1. The number of carbonyl (C=O) groups excluding carboxylic acids is 1. The van der Waals surface area contributed by atoms with Gasteiger partial charge in [-0.1, -0.05) is 6.92 Å².